The van der Waals surface area contributed by atoms with E-state index < -0.39 is 0 Å². The van der Waals surface area contributed by atoms with Crippen LogP contribution >= 0.6 is 0 Å². The molecule has 0 heterocycles. The minimum Gasteiger partial charge on any atom is -0.494 e. The highest BCUT2D eigenvalue weighted by Crippen LogP contribution is 2.23. The third-order valence-corrected chi connectivity index (χ3v) is 5.58. The fraction of sp³-hybridized carbons (Fsp3) is 0.400. The van der Waals surface area contributed by atoms with Crippen molar-refractivity contribution in [3.05, 3.63) is 73.8 Å². The van der Waals surface area contributed by atoms with Gasteiger partial charge in [-0.2, -0.15) is 10.2 Å². The summed E-state index contributed by atoms with van der Waals surface area (Å²) in [5, 5.41) is 8.57. The summed E-state index contributed by atoms with van der Waals surface area (Å²) in [7, 11) is 0. The number of ketones is 2. The van der Waals surface area contributed by atoms with Gasteiger partial charge in [-0.25, -0.2) is 0 Å². The number of rotatable bonds is 20. The SMILES string of the molecule is C=CC(=O)CCCCCCOc1ccc(N=Nc2ccc(OCCCCCCC(=O)C=C)cc2)cc1. The maximum absolute atomic E-state index is 11.2. The molecule has 36 heavy (non-hydrogen) atoms. The van der Waals surface area contributed by atoms with Crippen LogP contribution in [0.1, 0.15) is 64.2 Å². The van der Waals surface area contributed by atoms with Gasteiger partial charge in [0.15, 0.2) is 11.6 Å². The zero-order valence-corrected chi connectivity index (χ0v) is 21.2. The number of nitrogens with zero attached hydrogens (tertiary/aromatic N) is 2. The molecule has 6 nitrogen and oxygen atoms in total. The van der Waals surface area contributed by atoms with Crippen LogP contribution in [0.3, 0.4) is 0 Å². The topological polar surface area (TPSA) is 77.3 Å². The molecule has 0 saturated carbocycles. The molecule has 0 radical (unpaired) electrons. The number of carbonyl (C=O) groups excluding carboxylic acids is 2. The molecule has 0 aromatic heterocycles. The van der Waals surface area contributed by atoms with E-state index in [1.165, 1.54) is 12.2 Å². The van der Waals surface area contributed by atoms with E-state index >= 15 is 0 Å². The Balaban J connectivity index is 1.60. The van der Waals surface area contributed by atoms with Gasteiger partial charge in [0, 0.05) is 12.8 Å². The summed E-state index contributed by atoms with van der Waals surface area (Å²) in [4.78, 5) is 22.3. The second-order valence-corrected chi connectivity index (χ2v) is 8.55. The summed E-state index contributed by atoms with van der Waals surface area (Å²) < 4.78 is 11.5. The summed E-state index contributed by atoms with van der Waals surface area (Å²) in [5.41, 5.74) is 1.51. The first-order valence-corrected chi connectivity index (χ1v) is 12.8. The van der Waals surface area contributed by atoms with Crippen LogP contribution in [0.2, 0.25) is 0 Å². The highest BCUT2D eigenvalue weighted by atomic mass is 16.5. The number of hydrogen-bond donors (Lipinski definition) is 0. The standard InChI is InChI=1S/C30H38N2O4/c1-3-27(33)13-9-5-7-11-23-35-29-19-15-25(16-20-29)31-32-26-17-21-30(22-18-26)36-24-12-8-6-10-14-28(34)4-2/h3-4,15-22H,1-2,5-14,23-24H2. The molecular formula is C30H38N2O4. The summed E-state index contributed by atoms with van der Waals surface area (Å²) in [6.45, 7) is 8.28. The number of unbranched alkanes of at least 4 members (excludes halogenated alkanes) is 6. The minimum atomic E-state index is 0.114. The van der Waals surface area contributed by atoms with Gasteiger partial charge in [-0.05, 0) is 86.4 Å². The Morgan fingerprint density at radius 3 is 1.31 bits per heavy atom. The first-order valence-electron chi connectivity index (χ1n) is 12.8. The fourth-order valence-electron chi connectivity index (χ4n) is 3.43. The van der Waals surface area contributed by atoms with Crippen LogP contribution in [0.5, 0.6) is 11.5 Å². The van der Waals surface area contributed by atoms with Crippen molar-refractivity contribution < 1.29 is 19.1 Å². The molecule has 192 valence electrons. The highest BCUT2D eigenvalue weighted by Gasteiger charge is 2.00. The van der Waals surface area contributed by atoms with Gasteiger partial charge in [0.05, 0.1) is 24.6 Å². The van der Waals surface area contributed by atoms with Crippen molar-refractivity contribution >= 4 is 22.9 Å². The summed E-state index contributed by atoms with van der Waals surface area (Å²) in [5.74, 6) is 1.84. The summed E-state index contributed by atoms with van der Waals surface area (Å²) >= 11 is 0. The maximum Gasteiger partial charge on any atom is 0.155 e. The monoisotopic (exact) mass is 490 g/mol. The zero-order chi connectivity index (χ0) is 25.8. The zero-order valence-electron chi connectivity index (χ0n) is 21.2. The van der Waals surface area contributed by atoms with E-state index in [0.29, 0.717) is 26.1 Å². The third-order valence-electron chi connectivity index (χ3n) is 5.58. The van der Waals surface area contributed by atoms with Crippen LogP contribution in [0, 0.1) is 0 Å². The molecule has 0 amide bonds. The molecule has 0 saturated heterocycles. The molecule has 0 N–H and O–H groups in total. The van der Waals surface area contributed by atoms with Crippen LogP contribution in [-0.4, -0.2) is 24.8 Å². The molecule has 0 fully saturated rings. The first-order chi connectivity index (χ1) is 17.6. The Labute approximate surface area is 215 Å². The number of benzene rings is 2. The van der Waals surface area contributed by atoms with Crippen molar-refractivity contribution in [3.63, 3.8) is 0 Å². The van der Waals surface area contributed by atoms with Crippen molar-refractivity contribution in [1.82, 2.24) is 0 Å². The molecule has 2 aromatic rings. The highest BCUT2D eigenvalue weighted by molar-refractivity contribution is 5.89. The Kier molecular flexibility index (Phi) is 14.2. The first kappa shape index (κ1) is 28.7. The Morgan fingerprint density at radius 2 is 0.944 bits per heavy atom. The second kappa shape index (κ2) is 17.8. The van der Waals surface area contributed by atoms with Gasteiger partial charge in [0.25, 0.3) is 0 Å². The van der Waals surface area contributed by atoms with Crippen LogP contribution in [0.25, 0.3) is 0 Å². The smallest absolute Gasteiger partial charge is 0.155 e. The van der Waals surface area contributed by atoms with E-state index in [1.807, 2.05) is 48.5 Å². The van der Waals surface area contributed by atoms with E-state index in [0.717, 1.165) is 74.2 Å². The number of ether oxygens (including phenoxy) is 2. The average Bonchev–Trinajstić information content (AvgIpc) is 2.91. The van der Waals surface area contributed by atoms with E-state index in [1.54, 1.807) is 0 Å². The molecule has 0 bridgehead atoms. The number of carbonyl (C=O) groups is 2. The van der Waals surface area contributed by atoms with Gasteiger partial charge in [0.2, 0.25) is 0 Å². The maximum atomic E-state index is 11.2. The lowest BCUT2D eigenvalue weighted by atomic mass is 10.1. The number of azo groups is 1. The minimum absolute atomic E-state index is 0.114. The van der Waals surface area contributed by atoms with E-state index in [9.17, 15) is 9.59 Å². The molecule has 0 aliphatic carbocycles. The predicted octanol–water partition coefficient (Wildman–Crippen LogP) is 8.27. The largest absolute Gasteiger partial charge is 0.494 e. The van der Waals surface area contributed by atoms with Gasteiger partial charge >= 0.3 is 0 Å². The second-order valence-electron chi connectivity index (χ2n) is 8.55. The van der Waals surface area contributed by atoms with Gasteiger partial charge in [-0.1, -0.05) is 38.8 Å². The summed E-state index contributed by atoms with van der Waals surface area (Å²) in [6, 6.07) is 15.1. The molecule has 0 atom stereocenters. The molecule has 6 heteroatoms. The van der Waals surface area contributed by atoms with Crippen molar-refractivity contribution in [2.24, 2.45) is 10.2 Å². The van der Waals surface area contributed by atoms with Crippen LogP contribution in [0.4, 0.5) is 11.4 Å². The average molecular weight is 491 g/mol. The van der Waals surface area contributed by atoms with Gasteiger partial charge < -0.3 is 9.47 Å². The fourth-order valence-corrected chi connectivity index (χ4v) is 3.43. The van der Waals surface area contributed by atoms with Gasteiger partial charge in [-0.3, -0.25) is 9.59 Å². The van der Waals surface area contributed by atoms with E-state index in [4.69, 9.17) is 9.47 Å². The molecule has 0 unspecified atom stereocenters. The normalized spacial score (nSPS) is 10.8. The van der Waals surface area contributed by atoms with Crippen molar-refractivity contribution in [2.75, 3.05) is 13.2 Å². The van der Waals surface area contributed by atoms with Crippen LogP contribution in [0.15, 0.2) is 84.1 Å². The molecular weight excluding hydrogens is 452 g/mol. The Morgan fingerprint density at radius 1 is 0.583 bits per heavy atom. The molecule has 2 aromatic carbocycles. The lowest BCUT2D eigenvalue weighted by molar-refractivity contribution is -0.115. The van der Waals surface area contributed by atoms with Gasteiger partial charge in [0.1, 0.15) is 11.5 Å². The Bertz CT molecular complexity index is 886. The number of hydrogen-bond acceptors (Lipinski definition) is 6. The molecule has 0 aliphatic heterocycles. The molecule has 0 spiro atoms. The van der Waals surface area contributed by atoms with Crippen molar-refractivity contribution in [3.8, 4) is 11.5 Å². The van der Waals surface area contributed by atoms with E-state index in [2.05, 4.69) is 23.4 Å². The predicted molar refractivity (Wildman–Crippen MR) is 145 cm³/mol. The lowest BCUT2D eigenvalue weighted by Crippen LogP contribution is -1.97. The number of allylic oxidation sites excluding steroid dienone is 2. The Hall–Kier alpha value is -3.54. The molecule has 2 rings (SSSR count). The lowest BCUT2D eigenvalue weighted by Gasteiger charge is -2.06. The quantitative estimate of drug-likeness (QED) is 0.106. The van der Waals surface area contributed by atoms with E-state index in [-0.39, 0.29) is 11.6 Å². The molecule has 0 aliphatic rings. The van der Waals surface area contributed by atoms with Gasteiger partial charge in [-0.15, -0.1) is 0 Å². The van der Waals surface area contributed by atoms with Crippen molar-refractivity contribution in [2.45, 2.75) is 64.2 Å². The van der Waals surface area contributed by atoms with Crippen molar-refractivity contribution in [1.29, 1.82) is 0 Å². The van der Waals surface area contributed by atoms with Crippen LogP contribution in [-0.2, 0) is 9.59 Å². The summed E-state index contributed by atoms with van der Waals surface area (Å²) in [6.07, 6.45) is 11.8. The van der Waals surface area contributed by atoms with Crippen LogP contribution < -0.4 is 9.47 Å². The third kappa shape index (κ3) is 12.8.